The van der Waals surface area contributed by atoms with Crippen LogP contribution in [0.15, 0.2) is 146 Å². The minimum atomic E-state index is -0.866. The summed E-state index contributed by atoms with van der Waals surface area (Å²) < 4.78 is 11.2. The average Bonchev–Trinajstić information content (AvgIpc) is 3.21. The van der Waals surface area contributed by atoms with Crippen LogP contribution in [-0.2, 0) is 25.8 Å². The Balaban J connectivity index is 1.13. The van der Waals surface area contributed by atoms with Gasteiger partial charge in [-0.25, -0.2) is 0 Å². The van der Waals surface area contributed by atoms with Crippen molar-refractivity contribution in [3.8, 4) is 22.6 Å². The van der Waals surface area contributed by atoms with Crippen LogP contribution in [0.3, 0.4) is 0 Å². The summed E-state index contributed by atoms with van der Waals surface area (Å²) in [5.74, 6) is -2.32. The summed E-state index contributed by atoms with van der Waals surface area (Å²) >= 11 is 6.53. The van der Waals surface area contributed by atoms with Crippen LogP contribution in [0, 0.1) is 10.8 Å². The lowest BCUT2D eigenvalue weighted by atomic mass is 10.0. The van der Waals surface area contributed by atoms with Gasteiger partial charge in [-0.05, 0) is 65.7 Å². The van der Waals surface area contributed by atoms with E-state index in [1.165, 1.54) is 19.5 Å². The molecular weight excluding hydrogens is 720 g/mol. The summed E-state index contributed by atoms with van der Waals surface area (Å²) in [6.07, 6.45) is 4.89. The molecule has 6 N–H and O–H groups in total. The number of para-hydroxylation sites is 5. The average molecular weight is 755 g/mol. The Morgan fingerprint density at radius 3 is 1.89 bits per heavy atom. The predicted molar refractivity (Wildman–Crippen MR) is 215 cm³/mol. The van der Waals surface area contributed by atoms with Crippen LogP contribution >= 0.6 is 11.6 Å². The highest BCUT2D eigenvalue weighted by Gasteiger charge is 2.18. The van der Waals surface area contributed by atoms with Crippen LogP contribution in [-0.4, -0.2) is 41.9 Å². The molecule has 0 unspecified atom stereocenters. The van der Waals surface area contributed by atoms with Crippen molar-refractivity contribution in [2.75, 3.05) is 28.4 Å². The van der Waals surface area contributed by atoms with E-state index in [1.54, 1.807) is 97.1 Å². The van der Waals surface area contributed by atoms with Crippen LogP contribution in [0.25, 0.3) is 11.1 Å². The Labute approximate surface area is 321 Å². The first-order chi connectivity index (χ1) is 26.6. The van der Waals surface area contributed by atoms with E-state index in [4.69, 9.17) is 31.9 Å². The molecule has 0 bridgehead atoms. The highest BCUT2D eigenvalue weighted by atomic mass is 35.5. The van der Waals surface area contributed by atoms with E-state index in [2.05, 4.69) is 21.3 Å². The lowest BCUT2D eigenvalue weighted by Gasteiger charge is -2.12. The molecule has 276 valence electrons. The number of rotatable bonds is 17. The maximum atomic E-state index is 12.5. The molecule has 0 saturated heterocycles. The zero-order valence-electron chi connectivity index (χ0n) is 29.4. The molecule has 0 aromatic heterocycles. The molecule has 0 radical (unpaired) electrons. The standard InChI is InChI=1S/C42H35ClN6O6/c1-54-37-13-7-6-12-34(37)49-42(53)40(45)35(50)21-23-46-30-19-20-32(43)31(25-30)28-17-15-27(16-18-28)26-55-38-14-8-5-11-33(38)47-24-22-36(51)39(44)41(52)48-29-9-3-2-4-10-29/h2-25,44-47H,26H2,1H3,(H,48,52)(H,49,53)/b23-21-,24-22-,44-39?,45-40?. The second kappa shape index (κ2) is 19.0. The van der Waals surface area contributed by atoms with Crippen LogP contribution < -0.4 is 30.7 Å². The number of anilines is 4. The fourth-order valence-electron chi connectivity index (χ4n) is 4.95. The third kappa shape index (κ3) is 10.9. The second-order valence-electron chi connectivity index (χ2n) is 11.6. The van der Waals surface area contributed by atoms with Crippen LogP contribution in [0.2, 0.25) is 5.02 Å². The smallest absolute Gasteiger partial charge is 0.277 e. The fourth-order valence-corrected chi connectivity index (χ4v) is 5.18. The van der Waals surface area contributed by atoms with Crippen molar-refractivity contribution in [1.29, 1.82) is 10.8 Å². The Bertz CT molecular complexity index is 2290. The van der Waals surface area contributed by atoms with Gasteiger partial charge in [0.15, 0.2) is 11.4 Å². The van der Waals surface area contributed by atoms with Gasteiger partial charge in [0.25, 0.3) is 11.8 Å². The van der Waals surface area contributed by atoms with Crippen LogP contribution in [0.1, 0.15) is 5.56 Å². The molecule has 0 aliphatic rings. The number of ether oxygens (including phenoxy) is 2. The van der Waals surface area contributed by atoms with Gasteiger partial charge >= 0.3 is 0 Å². The number of hydrogen-bond donors (Lipinski definition) is 6. The van der Waals surface area contributed by atoms with E-state index < -0.39 is 34.8 Å². The van der Waals surface area contributed by atoms with E-state index in [9.17, 15) is 19.2 Å². The Morgan fingerprint density at radius 2 is 1.22 bits per heavy atom. The Morgan fingerprint density at radius 1 is 0.636 bits per heavy atom. The highest BCUT2D eigenvalue weighted by molar-refractivity contribution is 6.69. The second-order valence-corrected chi connectivity index (χ2v) is 12.0. The zero-order valence-corrected chi connectivity index (χ0v) is 30.1. The van der Waals surface area contributed by atoms with Crippen molar-refractivity contribution in [2.45, 2.75) is 6.61 Å². The van der Waals surface area contributed by atoms with Gasteiger partial charge in [-0.15, -0.1) is 0 Å². The first-order valence-corrected chi connectivity index (χ1v) is 17.0. The molecule has 0 aliphatic carbocycles. The topological polar surface area (TPSA) is 183 Å². The summed E-state index contributed by atoms with van der Waals surface area (Å²) in [6.45, 7) is 0.228. The normalized spacial score (nSPS) is 10.7. The largest absolute Gasteiger partial charge is 0.495 e. The molecule has 5 rings (SSSR count). The van der Waals surface area contributed by atoms with E-state index in [1.807, 2.05) is 24.3 Å². The number of halogens is 1. The van der Waals surface area contributed by atoms with Gasteiger partial charge in [-0.2, -0.15) is 0 Å². The quantitative estimate of drug-likeness (QED) is 0.0315. The van der Waals surface area contributed by atoms with E-state index >= 15 is 0 Å². The Hall–Kier alpha value is -7.31. The van der Waals surface area contributed by atoms with Crippen LogP contribution in [0.5, 0.6) is 11.5 Å². The summed E-state index contributed by atoms with van der Waals surface area (Å²) in [5, 5.41) is 27.4. The van der Waals surface area contributed by atoms with Gasteiger partial charge in [-0.3, -0.25) is 30.0 Å². The van der Waals surface area contributed by atoms with E-state index in [0.29, 0.717) is 39.3 Å². The molecule has 2 amide bonds. The van der Waals surface area contributed by atoms with Crippen molar-refractivity contribution in [1.82, 2.24) is 0 Å². The van der Waals surface area contributed by atoms with Crippen molar-refractivity contribution in [3.05, 3.63) is 156 Å². The maximum absolute atomic E-state index is 12.5. The molecule has 0 fully saturated rings. The van der Waals surface area contributed by atoms with Crippen LogP contribution in [0.4, 0.5) is 22.7 Å². The summed E-state index contributed by atoms with van der Waals surface area (Å²) in [6, 6.07) is 35.2. The third-order valence-electron chi connectivity index (χ3n) is 7.80. The molecule has 5 aromatic carbocycles. The van der Waals surface area contributed by atoms with Gasteiger partial charge in [-0.1, -0.05) is 78.3 Å². The minimum absolute atomic E-state index is 0.228. The molecule has 5 aromatic rings. The summed E-state index contributed by atoms with van der Waals surface area (Å²) in [5.41, 5.74) is 2.99. The number of carbonyl (C=O) groups excluding carboxylic acids is 4. The molecule has 13 heteroatoms. The monoisotopic (exact) mass is 754 g/mol. The predicted octanol–water partition coefficient (Wildman–Crippen LogP) is 7.90. The van der Waals surface area contributed by atoms with Gasteiger partial charge in [0.1, 0.15) is 18.1 Å². The molecule has 12 nitrogen and oxygen atoms in total. The van der Waals surface area contributed by atoms with Crippen molar-refractivity contribution < 1.29 is 28.7 Å². The number of ketones is 2. The minimum Gasteiger partial charge on any atom is -0.495 e. The molecule has 0 heterocycles. The lowest BCUT2D eigenvalue weighted by Crippen LogP contribution is -2.28. The number of nitrogens with one attached hydrogen (secondary N) is 6. The van der Waals surface area contributed by atoms with Gasteiger partial charge in [0.05, 0.1) is 18.5 Å². The molecule has 0 spiro atoms. The number of benzene rings is 5. The fraction of sp³-hybridized carbons (Fsp3) is 0.0476. The molecule has 0 saturated carbocycles. The maximum Gasteiger partial charge on any atom is 0.277 e. The number of carbonyl (C=O) groups is 4. The third-order valence-corrected chi connectivity index (χ3v) is 8.13. The number of allylic oxidation sites excluding steroid dienone is 2. The first kappa shape index (κ1) is 38.9. The molecule has 0 atom stereocenters. The molecule has 0 aliphatic heterocycles. The summed E-state index contributed by atoms with van der Waals surface area (Å²) in [4.78, 5) is 49.7. The zero-order chi connectivity index (χ0) is 39.2. The summed E-state index contributed by atoms with van der Waals surface area (Å²) in [7, 11) is 1.45. The van der Waals surface area contributed by atoms with Gasteiger partial charge < -0.3 is 30.7 Å². The van der Waals surface area contributed by atoms with Crippen molar-refractivity contribution in [2.24, 2.45) is 0 Å². The number of hydrogen-bond acceptors (Lipinski definition) is 10. The number of methoxy groups -OCH3 is 1. The SMILES string of the molecule is COc1ccccc1NC(=O)C(=N)C(=O)/C=C\Nc1ccc(Cl)c(-c2ccc(COc3ccccc3N/C=C\C(=O)C(=N)C(=O)Nc3ccccc3)cc2)c1. The van der Waals surface area contributed by atoms with Gasteiger partial charge in [0, 0.05) is 46.5 Å². The van der Waals surface area contributed by atoms with Crippen molar-refractivity contribution >= 4 is 69.2 Å². The highest BCUT2D eigenvalue weighted by Crippen LogP contribution is 2.31. The number of amides is 2. The van der Waals surface area contributed by atoms with E-state index in [-0.39, 0.29) is 6.61 Å². The molecular formula is C42H35ClN6O6. The molecule has 55 heavy (non-hydrogen) atoms. The lowest BCUT2D eigenvalue weighted by molar-refractivity contribution is -0.115. The van der Waals surface area contributed by atoms with Gasteiger partial charge in [0.2, 0.25) is 11.6 Å². The first-order valence-electron chi connectivity index (χ1n) is 16.7. The van der Waals surface area contributed by atoms with E-state index in [0.717, 1.165) is 28.8 Å². The Kier molecular flexibility index (Phi) is 13.4. The van der Waals surface area contributed by atoms with Crippen molar-refractivity contribution in [3.63, 3.8) is 0 Å².